The number of hydrogen-bond donors (Lipinski definition) is 0. The van der Waals surface area contributed by atoms with Gasteiger partial charge in [0, 0.05) is 17.8 Å². The molecule has 0 atom stereocenters. The van der Waals surface area contributed by atoms with Gasteiger partial charge >= 0.3 is 0 Å². The van der Waals surface area contributed by atoms with E-state index in [2.05, 4.69) is 15.2 Å². The Balaban J connectivity index is 2.15. The molecule has 13 heavy (non-hydrogen) atoms. The quantitative estimate of drug-likeness (QED) is 0.665. The number of hydrogen-bond acceptors (Lipinski definition) is 4. The minimum Gasteiger partial charge on any atom is -0.265 e. The maximum absolute atomic E-state index is 4.04. The molecule has 0 saturated carbocycles. The number of rotatable bonds is 2. The number of pyridine rings is 1. The van der Waals surface area contributed by atoms with Crippen LogP contribution in [0.4, 0.5) is 11.4 Å². The summed E-state index contributed by atoms with van der Waals surface area (Å²) in [5.41, 5.74) is 1.71. The Labute approximate surface area is 79.8 Å². The van der Waals surface area contributed by atoms with Crippen molar-refractivity contribution < 1.29 is 0 Å². The van der Waals surface area contributed by atoms with E-state index in [4.69, 9.17) is 0 Å². The monoisotopic (exact) mass is 189 g/mol. The van der Waals surface area contributed by atoms with Crippen molar-refractivity contribution >= 4 is 22.7 Å². The average molecular weight is 189 g/mol. The van der Waals surface area contributed by atoms with Crippen LogP contribution in [0.15, 0.2) is 51.6 Å². The van der Waals surface area contributed by atoms with E-state index in [0.717, 1.165) is 11.4 Å². The Morgan fingerprint density at radius 1 is 1.00 bits per heavy atom. The first-order valence-corrected chi connectivity index (χ1v) is 4.73. The summed E-state index contributed by atoms with van der Waals surface area (Å²) in [4.78, 5) is 3.89. The molecule has 0 radical (unpaired) electrons. The number of aromatic nitrogens is 1. The SMILES string of the molecule is c1cc(N=Nc2ccsc2)ccn1. The van der Waals surface area contributed by atoms with Gasteiger partial charge in [-0.15, -0.1) is 5.11 Å². The first-order valence-electron chi connectivity index (χ1n) is 3.79. The molecule has 64 valence electrons. The third-order valence-electron chi connectivity index (χ3n) is 1.45. The predicted molar refractivity (Wildman–Crippen MR) is 52.7 cm³/mol. The molecule has 0 amide bonds. The van der Waals surface area contributed by atoms with Crippen molar-refractivity contribution in [1.82, 2.24) is 4.98 Å². The summed E-state index contributed by atoms with van der Waals surface area (Å²) in [5.74, 6) is 0. The Hall–Kier alpha value is -1.55. The van der Waals surface area contributed by atoms with Crippen LogP contribution in [-0.2, 0) is 0 Å². The highest BCUT2D eigenvalue weighted by atomic mass is 32.1. The van der Waals surface area contributed by atoms with E-state index in [-0.39, 0.29) is 0 Å². The molecule has 0 N–H and O–H groups in total. The molecule has 0 aliphatic heterocycles. The third kappa shape index (κ3) is 2.19. The lowest BCUT2D eigenvalue weighted by Gasteiger charge is -1.87. The van der Waals surface area contributed by atoms with E-state index in [1.807, 2.05) is 29.0 Å². The molecule has 0 saturated heterocycles. The van der Waals surface area contributed by atoms with E-state index < -0.39 is 0 Å². The van der Waals surface area contributed by atoms with Crippen molar-refractivity contribution in [2.24, 2.45) is 10.2 Å². The molecule has 0 bridgehead atoms. The number of thiophene rings is 1. The highest BCUT2D eigenvalue weighted by Gasteiger charge is 1.88. The maximum Gasteiger partial charge on any atom is 0.0963 e. The normalized spacial score (nSPS) is 10.8. The van der Waals surface area contributed by atoms with Crippen molar-refractivity contribution in [3.63, 3.8) is 0 Å². The second-order valence-corrected chi connectivity index (χ2v) is 3.17. The van der Waals surface area contributed by atoms with Gasteiger partial charge in [0.2, 0.25) is 0 Å². The molecule has 2 heterocycles. The van der Waals surface area contributed by atoms with Crippen molar-refractivity contribution in [1.29, 1.82) is 0 Å². The van der Waals surface area contributed by atoms with Gasteiger partial charge in [-0.05, 0) is 23.6 Å². The van der Waals surface area contributed by atoms with Gasteiger partial charge in [0.15, 0.2) is 0 Å². The Kier molecular flexibility index (Phi) is 2.43. The Morgan fingerprint density at radius 3 is 2.46 bits per heavy atom. The Bertz CT molecular complexity index is 381. The summed E-state index contributed by atoms with van der Waals surface area (Å²) >= 11 is 1.61. The van der Waals surface area contributed by atoms with E-state index in [1.165, 1.54) is 0 Å². The van der Waals surface area contributed by atoms with Crippen molar-refractivity contribution in [2.45, 2.75) is 0 Å². The molecular weight excluding hydrogens is 182 g/mol. The van der Waals surface area contributed by atoms with Crippen LogP contribution in [0.1, 0.15) is 0 Å². The minimum atomic E-state index is 0.821. The van der Waals surface area contributed by atoms with Crippen LogP contribution in [0.5, 0.6) is 0 Å². The lowest BCUT2D eigenvalue weighted by atomic mass is 10.4. The zero-order chi connectivity index (χ0) is 8.93. The van der Waals surface area contributed by atoms with Crippen LogP contribution in [-0.4, -0.2) is 4.98 Å². The topological polar surface area (TPSA) is 37.6 Å². The summed E-state index contributed by atoms with van der Waals surface area (Å²) < 4.78 is 0. The highest BCUT2D eigenvalue weighted by Crippen LogP contribution is 2.19. The maximum atomic E-state index is 4.04. The first-order chi connectivity index (χ1) is 6.45. The molecule has 0 spiro atoms. The fraction of sp³-hybridized carbons (Fsp3) is 0. The fourth-order valence-corrected chi connectivity index (χ4v) is 1.40. The van der Waals surface area contributed by atoms with Crippen LogP contribution in [0.25, 0.3) is 0 Å². The molecule has 0 unspecified atom stereocenters. The van der Waals surface area contributed by atoms with Crippen LogP contribution >= 0.6 is 11.3 Å². The molecule has 0 aromatic carbocycles. The standard InChI is InChI=1S/C9H7N3S/c1-4-10-5-2-8(1)11-12-9-3-6-13-7-9/h1-7H. The summed E-state index contributed by atoms with van der Waals surface area (Å²) in [5, 5.41) is 12.0. The van der Waals surface area contributed by atoms with Gasteiger partial charge in [-0.25, -0.2) is 0 Å². The van der Waals surface area contributed by atoms with Crippen LogP contribution in [0.3, 0.4) is 0 Å². The largest absolute Gasteiger partial charge is 0.265 e. The molecule has 2 rings (SSSR count). The van der Waals surface area contributed by atoms with Crippen molar-refractivity contribution in [2.75, 3.05) is 0 Å². The summed E-state index contributed by atoms with van der Waals surface area (Å²) in [6.07, 6.45) is 3.39. The second kappa shape index (κ2) is 3.91. The van der Waals surface area contributed by atoms with E-state index in [0.29, 0.717) is 0 Å². The van der Waals surface area contributed by atoms with Gasteiger partial charge in [-0.2, -0.15) is 16.5 Å². The minimum absolute atomic E-state index is 0.821. The van der Waals surface area contributed by atoms with Gasteiger partial charge < -0.3 is 0 Å². The zero-order valence-electron chi connectivity index (χ0n) is 6.79. The lowest BCUT2D eigenvalue weighted by molar-refractivity contribution is 1.21. The highest BCUT2D eigenvalue weighted by molar-refractivity contribution is 7.08. The van der Waals surface area contributed by atoms with Gasteiger partial charge in [-0.3, -0.25) is 4.98 Å². The zero-order valence-corrected chi connectivity index (χ0v) is 7.61. The van der Waals surface area contributed by atoms with Gasteiger partial charge in [-0.1, -0.05) is 0 Å². The van der Waals surface area contributed by atoms with Gasteiger partial charge in [0.05, 0.1) is 11.4 Å². The molecular formula is C9H7N3S. The average Bonchev–Trinajstić information content (AvgIpc) is 2.69. The number of nitrogens with zero attached hydrogens (tertiary/aromatic N) is 3. The molecule has 3 nitrogen and oxygen atoms in total. The summed E-state index contributed by atoms with van der Waals surface area (Å²) in [6.45, 7) is 0. The smallest absolute Gasteiger partial charge is 0.0963 e. The van der Waals surface area contributed by atoms with Crippen LogP contribution < -0.4 is 0 Å². The van der Waals surface area contributed by atoms with Crippen LogP contribution in [0, 0.1) is 0 Å². The van der Waals surface area contributed by atoms with Crippen molar-refractivity contribution in [3.05, 3.63) is 41.4 Å². The van der Waals surface area contributed by atoms with Gasteiger partial charge in [0.25, 0.3) is 0 Å². The third-order valence-corrected chi connectivity index (χ3v) is 2.12. The molecule has 4 heteroatoms. The number of azo groups is 1. The Morgan fingerprint density at radius 2 is 1.77 bits per heavy atom. The molecule has 0 aliphatic carbocycles. The van der Waals surface area contributed by atoms with Crippen molar-refractivity contribution in [3.8, 4) is 0 Å². The molecule has 0 aliphatic rings. The fourth-order valence-electron chi connectivity index (χ4n) is 0.840. The second-order valence-electron chi connectivity index (χ2n) is 2.39. The first kappa shape index (κ1) is 8.07. The molecule has 0 fully saturated rings. The van der Waals surface area contributed by atoms with Crippen LogP contribution in [0.2, 0.25) is 0 Å². The van der Waals surface area contributed by atoms with E-state index >= 15 is 0 Å². The summed E-state index contributed by atoms with van der Waals surface area (Å²) in [7, 11) is 0. The lowest BCUT2D eigenvalue weighted by Crippen LogP contribution is -1.65. The molecule has 2 aromatic heterocycles. The van der Waals surface area contributed by atoms with E-state index in [9.17, 15) is 0 Å². The van der Waals surface area contributed by atoms with E-state index in [1.54, 1.807) is 23.7 Å². The predicted octanol–water partition coefficient (Wildman–Crippen LogP) is 3.56. The summed E-state index contributed by atoms with van der Waals surface area (Å²) in [6, 6.07) is 5.56. The molecule has 2 aromatic rings. The van der Waals surface area contributed by atoms with Gasteiger partial charge in [0.1, 0.15) is 0 Å².